The molecule has 0 saturated heterocycles. The van der Waals surface area contributed by atoms with E-state index in [0.29, 0.717) is 18.5 Å². The van der Waals surface area contributed by atoms with Gasteiger partial charge in [-0.1, -0.05) is 79.3 Å². The molecule has 0 bridgehead atoms. The zero-order chi connectivity index (χ0) is 35.7. The number of nitrogens with one attached hydrogen (secondary N) is 5. The molecule has 1 unspecified atom stereocenters. The number of hydrogen-bond donors (Lipinski definition) is 7. The Morgan fingerprint density at radius 2 is 1.33 bits per heavy atom. The van der Waals surface area contributed by atoms with Gasteiger partial charge in [-0.25, -0.2) is 0 Å². The van der Waals surface area contributed by atoms with Gasteiger partial charge in [-0.15, -0.1) is 0 Å². The monoisotopic (exact) mass is 677 g/mol. The summed E-state index contributed by atoms with van der Waals surface area (Å²) in [6, 6.07) is 4.69. The number of carbonyl (C=O) groups excluding carboxylic acids is 5. The molecular formula is C35H59N5O8. The lowest BCUT2D eigenvalue weighted by Crippen LogP contribution is -2.54. The Balaban J connectivity index is 0.0000221. The van der Waals surface area contributed by atoms with Crippen LogP contribution in [0.15, 0.2) is 30.3 Å². The van der Waals surface area contributed by atoms with Gasteiger partial charge in [0.25, 0.3) is 0 Å². The number of rotatable bonds is 21. The van der Waals surface area contributed by atoms with Gasteiger partial charge < -0.3 is 36.8 Å². The quantitative estimate of drug-likeness (QED) is 0.103. The Kier molecular flexibility index (Phi) is 20.7. The van der Waals surface area contributed by atoms with E-state index < -0.39 is 59.9 Å². The average Bonchev–Trinajstić information content (AvgIpc) is 2.97. The minimum Gasteiger partial charge on any atom is -0.481 e. The summed E-state index contributed by atoms with van der Waals surface area (Å²) < 4.78 is 0. The minimum atomic E-state index is -1.30. The number of carboxylic acids is 1. The van der Waals surface area contributed by atoms with Gasteiger partial charge >= 0.3 is 5.97 Å². The normalized spacial score (nSPS) is 14.1. The van der Waals surface area contributed by atoms with E-state index >= 15 is 0 Å². The number of benzene rings is 1. The van der Waals surface area contributed by atoms with E-state index in [1.165, 1.54) is 0 Å². The number of amides is 5. The molecule has 272 valence electrons. The van der Waals surface area contributed by atoms with Crippen LogP contribution in [0.2, 0.25) is 0 Å². The number of aliphatic hydroxyl groups is 1. The zero-order valence-electron chi connectivity index (χ0n) is 28.8. The van der Waals surface area contributed by atoms with E-state index in [4.69, 9.17) is 5.11 Å². The second kappa shape index (κ2) is 22.5. The van der Waals surface area contributed by atoms with Crippen molar-refractivity contribution in [1.29, 1.82) is 0 Å². The van der Waals surface area contributed by atoms with Crippen molar-refractivity contribution in [3.8, 4) is 0 Å². The maximum absolute atomic E-state index is 13.8. The maximum Gasteiger partial charge on any atom is 0.303 e. The second-order valence-corrected chi connectivity index (χ2v) is 13.0. The number of hydrogen-bond acceptors (Lipinski definition) is 7. The van der Waals surface area contributed by atoms with Gasteiger partial charge in [0, 0.05) is 19.4 Å². The summed E-state index contributed by atoms with van der Waals surface area (Å²) in [5.41, 5.74) is 0.465. The van der Waals surface area contributed by atoms with Gasteiger partial charge in [-0.2, -0.15) is 0 Å². The summed E-state index contributed by atoms with van der Waals surface area (Å²) in [7, 11) is 0. The largest absolute Gasteiger partial charge is 0.481 e. The average molecular weight is 678 g/mol. The van der Waals surface area contributed by atoms with Crippen LogP contribution < -0.4 is 26.6 Å². The number of likely N-dealkylation sites (N-methyl/N-ethyl adjacent to an activating group) is 1. The van der Waals surface area contributed by atoms with E-state index in [2.05, 4.69) is 26.6 Å². The van der Waals surface area contributed by atoms with Crippen LogP contribution in [0.5, 0.6) is 0 Å². The summed E-state index contributed by atoms with van der Waals surface area (Å²) >= 11 is 0. The molecule has 0 radical (unpaired) electrons. The third-order valence-corrected chi connectivity index (χ3v) is 7.36. The molecule has 0 heterocycles. The van der Waals surface area contributed by atoms with Gasteiger partial charge in [-0.3, -0.25) is 28.8 Å². The van der Waals surface area contributed by atoms with Crippen molar-refractivity contribution in [3.63, 3.8) is 0 Å². The van der Waals surface area contributed by atoms with Crippen molar-refractivity contribution in [2.75, 3.05) is 6.54 Å². The molecule has 5 amide bonds. The van der Waals surface area contributed by atoms with Crippen molar-refractivity contribution in [1.82, 2.24) is 26.6 Å². The summed E-state index contributed by atoms with van der Waals surface area (Å²) in [6.45, 7) is 13.3. The summed E-state index contributed by atoms with van der Waals surface area (Å²) in [5, 5.41) is 33.7. The molecule has 48 heavy (non-hydrogen) atoms. The lowest BCUT2D eigenvalue weighted by Gasteiger charge is -2.29. The summed E-state index contributed by atoms with van der Waals surface area (Å²) in [5.74, 6) is -3.75. The fraction of sp³-hybridized carbons (Fsp3) is 0.657. The SMILES string of the molecule is C.CCNC(=O)[C@@H](NC(=O)C[C@H](O)[C@H](CC(C)C)NC(=O)C(NC(=O)[C@H](CC(C)C)NC(=O)CCCC(=O)O)c1ccccc1)C(C)C. The van der Waals surface area contributed by atoms with Crippen LogP contribution in [0.25, 0.3) is 0 Å². The molecule has 0 fully saturated rings. The molecule has 13 nitrogen and oxygen atoms in total. The molecule has 1 aromatic carbocycles. The highest BCUT2D eigenvalue weighted by atomic mass is 16.4. The molecule has 0 aliphatic heterocycles. The van der Waals surface area contributed by atoms with Gasteiger partial charge in [0.1, 0.15) is 18.1 Å². The fourth-order valence-corrected chi connectivity index (χ4v) is 5.03. The van der Waals surface area contributed by atoms with Crippen LogP contribution in [0.1, 0.15) is 106 Å². The first kappa shape index (κ1) is 44.0. The third kappa shape index (κ3) is 16.7. The van der Waals surface area contributed by atoms with Crippen LogP contribution in [0.4, 0.5) is 0 Å². The summed E-state index contributed by atoms with van der Waals surface area (Å²) in [6.07, 6.45) is -1.20. The van der Waals surface area contributed by atoms with E-state index in [9.17, 15) is 33.9 Å². The predicted molar refractivity (Wildman–Crippen MR) is 184 cm³/mol. The minimum absolute atomic E-state index is 0. The van der Waals surface area contributed by atoms with Crippen LogP contribution >= 0.6 is 0 Å². The van der Waals surface area contributed by atoms with E-state index in [-0.39, 0.29) is 63.2 Å². The molecule has 0 spiro atoms. The van der Waals surface area contributed by atoms with Crippen LogP contribution in [0, 0.1) is 17.8 Å². The Hall–Kier alpha value is -4.00. The first-order valence-corrected chi connectivity index (χ1v) is 16.5. The standard InChI is InChI=1S/C34H55N5O8.CH4/c1-8-35-33(46)30(22(6)7)38-28(42)19-26(40)24(17-20(2)3)37-34(47)31(23-13-10-9-11-14-23)39-32(45)25(18-21(4)5)36-27(41)15-12-16-29(43)44;/h9-11,13-14,20-22,24-26,30-31,40H,8,12,15-19H2,1-7H3,(H,35,46)(H,36,41)(H,37,47)(H,38,42)(H,39,45)(H,43,44);1H4/t24-,25-,26-,30-,31?;/m0./s1. The fourth-order valence-electron chi connectivity index (χ4n) is 5.03. The van der Waals surface area contributed by atoms with Crippen molar-refractivity contribution >= 4 is 35.5 Å². The van der Waals surface area contributed by atoms with Crippen LogP contribution in [0.3, 0.4) is 0 Å². The van der Waals surface area contributed by atoms with Gasteiger partial charge in [-0.05, 0) is 49.5 Å². The highest BCUT2D eigenvalue weighted by molar-refractivity contribution is 5.93. The molecule has 5 atom stereocenters. The number of carboxylic acid groups (broad SMARTS) is 1. The van der Waals surface area contributed by atoms with Crippen molar-refractivity contribution in [3.05, 3.63) is 35.9 Å². The maximum atomic E-state index is 13.8. The number of aliphatic carboxylic acids is 1. The van der Waals surface area contributed by atoms with Gasteiger partial charge in [0.2, 0.25) is 29.5 Å². The Labute approximate surface area is 285 Å². The van der Waals surface area contributed by atoms with Crippen LogP contribution in [-0.2, 0) is 28.8 Å². The molecule has 1 rings (SSSR count). The topological polar surface area (TPSA) is 203 Å². The second-order valence-electron chi connectivity index (χ2n) is 13.0. The Bertz CT molecular complexity index is 1170. The third-order valence-electron chi connectivity index (χ3n) is 7.36. The molecule has 0 aliphatic rings. The van der Waals surface area contributed by atoms with Crippen LogP contribution in [-0.4, -0.2) is 76.5 Å². The molecule has 0 aliphatic carbocycles. The molecule has 1 aromatic rings. The molecular weight excluding hydrogens is 618 g/mol. The molecule has 13 heteroatoms. The highest BCUT2D eigenvalue weighted by Crippen LogP contribution is 2.18. The van der Waals surface area contributed by atoms with Crippen molar-refractivity contribution in [2.24, 2.45) is 17.8 Å². The zero-order valence-corrected chi connectivity index (χ0v) is 28.8. The molecule has 7 N–H and O–H groups in total. The van der Waals surface area contributed by atoms with Crippen molar-refractivity contribution < 1.29 is 39.0 Å². The Morgan fingerprint density at radius 1 is 0.729 bits per heavy atom. The van der Waals surface area contributed by atoms with E-state index in [1.54, 1.807) is 51.1 Å². The van der Waals surface area contributed by atoms with Crippen molar-refractivity contribution in [2.45, 2.75) is 125 Å². The van der Waals surface area contributed by atoms with E-state index in [1.807, 2.05) is 27.7 Å². The predicted octanol–water partition coefficient (Wildman–Crippen LogP) is 2.82. The molecule has 0 saturated carbocycles. The smallest absolute Gasteiger partial charge is 0.303 e. The molecule has 0 aromatic heterocycles. The first-order valence-electron chi connectivity index (χ1n) is 16.5. The number of carbonyl (C=O) groups is 6. The lowest BCUT2D eigenvalue weighted by molar-refractivity contribution is -0.137. The van der Waals surface area contributed by atoms with Gasteiger partial charge in [0.15, 0.2) is 0 Å². The van der Waals surface area contributed by atoms with E-state index in [0.717, 1.165) is 0 Å². The van der Waals surface area contributed by atoms with Gasteiger partial charge in [0.05, 0.1) is 18.6 Å². The Morgan fingerprint density at radius 3 is 1.85 bits per heavy atom. The highest BCUT2D eigenvalue weighted by Gasteiger charge is 2.33. The lowest BCUT2D eigenvalue weighted by atomic mass is 9.95. The summed E-state index contributed by atoms with van der Waals surface area (Å²) in [4.78, 5) is 76.1. The first-order chi connectivity index (χ1) is 22.0. The number of aliphatic hydroxyl groups excluding tert-OH is 1.